The van der Waals surface area contributed by atoms with Gasteiger partial charge in [-0.2, -0.15) is 16.1 Å². The lowest BCUT2D eigenvalue weighted by Gasteiger charge is -2.26. The smallest absolute Gasteiger partial charge is 0.243 e. The van der Waals surface area contributed by atoms with E-state index in [1.165, 1.54) is 23.5 Å². The molecule has 0 aliphatic heterocycles. The molecule has 8 heteroatoms. The Morgan fingerprint density at radius 1 is 1.52 bits per heavy atom. The van der Waals surface area contributed by atoms with Crippen LogP contribution in [-0.4, -0.2) is 42.8 Å². The average Bonchev–Trinajstić information content (AvgIpc) is 2.43. The molecule has 0 aliphatic carbocycles. The number of thiocarbonyl (C=S) groups is 1. The summed E-state index contributed by atoms with van der Waals surface area (Å²) < 4.78 is 40.6. The number of nitrogens with two attached hydrogens (primary N) is 1. The highest BCUT2D eigenvalue weighted by Crippen LogP contribution is 2.24. The van der Waals surface area contributed by atoms with Gasteiger partial charge in [0.15, 0.2) is 0 Å². The zero-order chi connectivity index (χ0) is 16.2. The molecule has 1 unspecified atom stereocenters. The van der Waals surface area contributed by atoms with E-state index in [4.69, 9.17) is 18.0 Å². The SMILES string of the molecule is CCC(CSC)N(C)S(=O)(=O)c1cccc(F)c1C(N)=S. The first-order valence-electron chi connectivity index (χ1n) is 6.32. The standard InChI is InChI=1S/C13H19FN2O2S3/c1-4-9(8-20-3)16(2)21(17,18)11-7-5-6-10(14)12(11)13(15)19/h5-7,9H,4,8H2,1-3H3,(H2,15,19). The van der Waals surface area contributed by atoms with Gasteiger partial charge in [-0.1, -0.05) is 25.2 Å². The molecule has 0 aliphatic rings. The van der Waals surface area contributed by atoms with Gasteiger partial charge >= 0.3 is 0 Å². The summed E-state index contributed by atoms with van der Waals surface area (Å²) in [7, 11) is -2.36. The van der Waals surface area contributed by atoms with Crippen LogP contribution in [0.1, 0.15) is 18.9 Å². The zero-order valence-corrected chi connectivity index (χ0v) is 14.6. The minimum Gasteiger partial charge on any atom is -0.389 e. The van der Waals surface area contributed by atoms with E-state index in [2.05, 4.69) is 0 Å². The van der Waals surface area contributed by atoms with E-state index in [0.29, 0.717) is 12.2 Å². The molecule has 0 bridgehead atoms. The van der Waals surface area contributed by atoms with Crippen molar-refractivity contribution in [2.24, 2.45) is 5.73 Å². The van der Waals surface area contributed by atoms with E-state index >= 15 is 0 Å². The number of hydrogen-bond donors (Lipinski definition) is 1. The van der Waals surface area contributed by atoms with E-state index in [9.17, 15) is 12.8 Å². The van der Waals surface area contributed by atoms with Gasteiger partial charge in [0.1, 0.15) is 10.8 Å². The molecule has 0 heterocycles. The molecule has 118 valence electrons. The van der Waals surface area contributed by atoms with Crippen molar-refractivity contribution in [3.05, 3.63) is 29.6 Å². The second-order valence-corrected chi connectivity index (χ2v) is 7.83. The monoisotopic (exact) mass is 350 g/mol. The molecule has 0 saturated heterocycles. The van der Waals surface area contributed by atoms with Gasteiger partial charge in [0.05, 0.1) is 10.5 Å². The quantitative estimate of drug-likeness (QED) is 0.764. The van der Waals surface area contributed by atoms with E-state index in [-0.39, 0.29) is 21.5 Å². The summed E-state index contributed by atoms with van der Waals surface area (Å²) in [4.78, 5) is -0.449. The molecule has 0 amide bonds. The predicted molar refractivity (Wildman–Crippen MR) is 89.7 cm³/mol. The van der Waals surface area contributed by atoms with Gasteiger partial charge in [0.2, 0.25) is 10.0 Å². The summed E-state index contributed by atoms with van der Waals surface area (Å²) in [5.74, 6) is -0.0703. The number of thioether (sulfide) groups is 1. The molecule has 0 radical (unpaired) electrons. The van der Waals surface area contributed by atoms with Gasteiger partial charge in [-0.15, -0.1) is 0 Å². The first-order valence-corrected chi connectivity index (χ1v) is 9.56. The Labute approximate surface area is 134 Å². The lowest BCUT2D eigenvalue weighted by Crippen LogP contribution is -2.39. The van der Waals surface area contributed by atoms with E-state index in [1.54, 1.807) is 11.8 Å². The van der Waals surface area contributed by atoms with Crippen LogP contribution in [-0.2, 0) is 10.0 Å². The van der Waals surface area contributed by atoms with Crippen LogP contribution in [0.3, 0.4) is 0 Å². The molecular weight excluding hydrogens is 331 g/mol. The van der Waals surface area contributed by atoms with Gasteiger partial charge in [0.25, 0.3) is 0 Å². The number of sulfonamides is 1. The van der Waals surface area contributed by atoms with Crippen LogP contribution < -0.4 is 5.73 Å². The normalized spacial score (nSPS) is 13.4. The number of hydrogen-bond acceptors (Lipinski definition) is 4. The minimum absolute atomic E-state index is 0.174. The van der Waals surface area contributed by atoms with Gasteiger partial charge < -0.3 is 5.73 Å². The number of benzene rings is 1. The molecule has 0 fully saturated rings. The highest BCUT2D eigenvalue weighted by Gasteiger charge is 2.30. The highest BCUT2D eigenvalue weighted by atomic mass is 32.2. The fourth-order valence-electron chi connectivity index (χ4n) is 1.98. The van der Waals surface area contributed by atoms with Gasteiger partial charge in [-0.3, -0.25) is 0 Å². The molecule has 2 N–H and O–H groups in total. The van der Waals surface area contributed by atoms with Crippen LogP contribution in [0.25, 0.3) is 0 Å². The second-order valence-electron chi connectivity index (χ2n) is 4.52. The maximum atomic E-state index is 13.9. The van der Waals surface area contributed by atoms with Crippen LogP contribution in [0.15, 0.2) is 23.1 Å². The van der Waals surface area contributed by atoms with Crippen LogP contribution in [0.2, 0.25) is 0 Å². The largest absolute Gasteiger partial charge is 0.389 e. The minimum atomic E-state index is -3.86. The molecule has 1 aromatic carbocycles. The first kappa shape index (κ1) is 18.3. The van der Waals surface area contributed by atoms with Crippen LogP contribution >= 0.6 is 24.0 Å². The molecule has 1 rings (SSSR count). The van der Waals surface area contributed by atoms with Gasteiger partial charge in [-0.05, 0) is 24.8 Å². The number of nitrogens with zero attached hydrogens (tertiary/aromatic N) is 1. The van der Waals surface area contributed by atoms with Gasteiger partial charge in [-0.25, -0.2) is 12.8 Å². The van der Waals surface area contributed by atoms with Crippen LogP contribution in [0.5, 0.6) is 0 Å². The Kier molecular flexibility index (Phi) is 6.58. The summed E-state index contributed by atoms with van der Waals surface area (Å²) in [6.45, 7) is 1.91. The number of rotatable bonds is 7. The molecule has 0 spiro atoms. The molecule has 4 nitrogen and oxygen atoms in total. The predicted octanol–water partition coefficient (Wildman–Crippen LogP) is 2.22. The topological polar surface area (TPSA) is 63.4 Å². The van der Waals surface area contributed by atoms with Crippen molar-refractivity contribution in [2.45, 2.75) is 24.3 Å². The summed E-state index contributed by atoms with van der Waals surface area (Å²) in [5.41, 5.74) is 5.26. The van der Waals surface area contributed by atoms with Gasteiger partial charge in [0, 0.05) is 18.8 Å². The van der Waals surface area contributed by atoms with E-state index in [0.717, 1.165) is 6.07 Å². The van der Waals surface area contributed by atoms with Crippen molar-refractivity contribution in [1.29, 1.82) is 0 Å². The summed E-state index contributed by atoms with van der Waals surface area (Å²) in [6, 6.07) is 3.64. The molecule has 21 heavy (non-hydrogen) atoms. The molecule has 0 saturated carbocycles. The fourth-order valence-corrected chi connectivity index (χ4v) is 4.83. The third-order valence-electron chi connectivity index (χ3n) is 3.22. The Morgan fingerprint density at radius 2 is 2.14 bits per heavy atom. The molecule has 1 atom stereocenters. The van der Waals surface area contributed by atoms with Crippen molar-refractivity contribution in [3.8, 4) is 0 Å². The third-order valence-corrected chi connectivity index (χ3v) is 6.10. The lowest BCUT2D eigenvalue weighted by molar-refractivity contribution is 0.385. The maximum absolute atomic E-state index is 13.9. The summed E-state index contributed by atoms with van der Waals surface area (Å²) >= 11 is 6.35. The van der Waals surface area contributed by atoms with Crippen molar-refractivity contribution in [3.63, 3.8) is 0 Å². The van der Waals surface area contributed by atoms with Crippen LogP contribution in [0, 0.1) is 5.82 Å². The Morgan fingerprint density at radius 3 is 2.62 bits per heavy atom. The van der Waals surface area contributed by atoms with Crippen molar-refractivity contribution in [1.82, 2.24) is 4.31 Å². The average molecular weight is 351 g/mol. The summed E-state index contributed by atoms with van der Waals surface area (Å²) in [6.07, 6.45) is 2.57. The summed E-state index contributed by atoms with van der Waals surface area (Å²) in [5, 5.41) is 0. The lowest BCUT2D eigenvalue weighted by atomic mass is 10.2. The van der Waals surface area contributed by atoms with Crippen molar-refractivity contribution < 1.29 is 12.8 Å². The van der Waals surface area contributed by atoms with E-state index < -0.39 is 15.8 Å². The van der Waals surface area contributed by atoms with Crippen LogP contribution in [0.4, 0.5) is 4.39 Å². The fraction of sp³-hybridized carbons (Fsp3) is 0.462. The maximum Gasteiger partial charge on any atom is 0.243 e. The highest BCUT2D eigenvalue weighted by molar-refractivity contribution is 7.98. The zero-order valence-electron chi connectivity index (χ0n) is 12.2. The Bertz CT molecular complexity index is 620. The first-order chi connectivity index (χ1) is 9.77. The number of halogens is 1. The Balaban J connectivity index is 3.38. The van der Waals surface area contributed by atoms with Crippen molar-refractivity contribution >= 4 is 39.0 Å². The molecular formula is C13H19FN2O2S3. The second kappa shape index (κ2) is 7.53. The molecule has 1 aromatic rings. The Hall–Kier alpha value is -0.700. The molecule has 0 aromatic heterocycles. The van der Waals surface area contributed by atoms with E-state index in [1.807, 2.05) is 13.2 Å². The van der Waals surface area contributed by atoms with Crippen molar-refractivity contribution in [2.75, 3.05) is 19.1 Å². The third kappa shape index (κ3) is 3.94.